The van der Waals surface area contributed by atoms with Crippen LogP contribution in [-0.2, 0) is 21.2 Å². The van der Waals surface area contributed by atoms with Gasteiger partial charge < -0.3 is 19.4 Å². The summed E-state index contributed by atoms with van der Waals surface area (Å²) in [7, 11) is -3.73. The van der Waals surface area contributed by atoms with E-state index < -0.39 is 16.1 Å². The summed E-state index contributed by atoms with van der Waals surface area (Å²) in [5.74, 6) is -0.112. The zero-order chi connectivity index (χ0) is 27.6. The molecule has 2 amide bonds. The number of aryl methyl sites for hydroxylation is 1. The Morgan fingerprint density at radius 2 is 1.56 bits per heavy atom. The van der Waals surface area contributed by atoms with Crippen LogP contribution in [-0.4, -0.2) is 98.5 Å². The summed E-state index contributed by atoms with van der Waals surface area (Å²) in [6.45, 7) is 7.61. The van der Waals surface area contributed by atoms with Crippen LogP contribution in [0.15, 0.2) is 47.4 Å². The quantitative estimate of drug-likeness (QED) is 0.447. The lowest BCUT2D eigenvalue weighted by Gasteiger charge is -2.34. The smallest absolute Gasteiger partial charge is 0.409 e. The Bertz CT molecular complexity index is 1440. The highest BCUT2D eigenvalue weighted by molar-refractivity contribution is 7.89. The number of amides is 2. The van der Waals surface area contributed by atoms with E-state index in [0.29, 0.717) is 31.7 Å². The molecule has 2 aromatic carbocycles. The van der Waals surface area contributed by atoms with Crippen molar-refractivity contribution < 1.29 is 22.7 Å². The number of carbonyl (C=O) groups is 2. The Hall–Kier alpha value is -3.22. The van der Waals surface area contributed by atoms with Gasteiger partial charge in [0.25, 0.3) is 5.91 Å². The third-order valence-electron chi connectivity index (χ3n) is 7.21. The molecule has 0 aliphatic carbocycles. The summed E-state index contributed by atoms with van der Waals surface area (Å²) in [5, 5.41) is 0.982. The molecule has 0 unspecified atom stereocenters. The number of nitrogens with zero attached hydrogens (tertiary/aromatic N) is 5. The van der Waals surface area contributed by atoms with Crippen LogP contribution in [0.2, 0.25) is 0 Å². The number of piperazine rings is 2. The highest BCUT2D eigenvalue weighted by atomic mass is 32.2. The SMILES string of the molecule is CCOC(=O)N1CCN(S(=O)(=O)c2ccc(C(=O)N3CCN(c4nc5c(CC)cccc5s4)CC3)cc2)CC1. The van der Waals surface area contributed by atoms with Crippen LogP contribution < -0.4 is 4.90 Å². The third-order valence-corrected chi connectivity index (χ3v) is 10.2. The predicted octanol–water partition coefficient (Wildman–Crippen LogP) is 3.28. The number of para-hydroxylation sites is 1. The molecule has 0 saturated carbocycles. The Morgan fingerprint density at radius 3 is 2.21 bits per heavy atom. The molecule has 1 aromatic heterocycles. The summed E-state index contributed by atoms with van der Waals surface area (Å²) >= 11 is 1.68. The zero-order valence-corrected chi connectivity index (χ0v) is 23.8. The van der Waals surface area contributed by atoms with Gasteiger partial charge in [0.2, 0.25) is 10.0 Å². The maximum absolute atomic E-state index is 13.2. The van der Waals surface area contributed by atoms with Gasteiger partial charge in [-0.3, -0.25) is 4.79 Å². The number of thiazole rings is 1. The number of fused-ring (bicyclic) bond motifs is 1. The average molecular weight is 572 g/mol. The minimum absolute atomic E-state index is 0.112. The van der Waals surface area contributed by atoms with E-state index in [0.717, 1.165) is 17.1 Å². The maximum atomic E-state index is 13.2. The van der Waals surface area contributed by atoms with Gasteiger partial charge in [-0.2, -0.15) is 4.31 Å². The van der Waals surface area contributed by atoms with Crippen molar-refractivity contribution in [2.24, 2.45) is 0 Å². The van der Waals surface area contributed by atoms with Gasteiger partial charge in [0.15, 0.2) is 5.13 Å². The van der Waals surface area contributed by atoms with Crippen molar-refractivity contribution in [1.82, 2.24) is 19.1 Å². The Morgan fingerprint density at radius 1 is 0.897 bits per heavy atom. The first-order valence-electron chi connectivity index (χ1n) is 13.3. The largest absolute Gasteiger partial charge is 0.450 e. The standard InChI is InChI=1S/C27H33N5O5S2/c1-3-20-6-5-7-23-24(20)28-26(38-23)30-14-12-29(13-15-30)25(33)21-8-10-22(11-9-21)39(35,36)32-18-16-31(17-19-32)27(34)37-4-2/h5-11H,3-4,12-19H2,1-2H3. The number of hydrogen-bond acceptors (Lipinski definition) is 8. The fourth-order valence-corrected chi connectivity index (χ4v) is 7.43. The van der Waals surface area contributed by atoms with Gasteiger partial charge in [0.05, 0.1) is 21.7 Å². The number of hydrogen-bond donors (Lipinski definition) is 0. The van der Waals surface area contributed by atoms with Crippen LogP contribution in [0.4, 0.5) is 9.93 Å². The number of rotatable bonds is 6. The summed E-state index contributed by atoms with van der Waals surface area (Å²) in [4.78, 5) is 35.6. The van der Waals surface area contributed by atoms with Gasteiger partial charge in [-0.1, -0.05) is 30.4 Å². The zero-order valence-electron chi connectivity index (χ0n) is 22.2. The minimum atomic E-state index is -3.73. The Labute approximate surface area is 232 Å². The second-order valence-electron chi connectivity index (χ2n) is 9.51. The molecule has 0 radical (unpaired) electrons. The first-order valence-corrected chi connectivity index (χ1v) is 15.5. The third kappa shape index (κ3) is 5.59. The molecule has 10 nitrogen and oxygen atoms in total. The Balaban J connectivity index is 1.18. The van der Waals surface area contributed by atoms with E-state index >= 15 is 0 Å². The summed E-state index contributed by atoms with van der Waals surface area (Å²) in [5.41, 5.74) is 2.77. The monoisotopic (exact) mass is 571 g/mol. The lowest BCUT2D eigenvalue weighted by molar-refractivity contribution is 0.0746. The van der Waals surface area contributed by atoms with E-state index in [1.54, 1.807) is 35.3 Å². The number of sulfonamides is 1. The molecule has 12 heteroatoms. The number of ether oxygens (including phenoxy) is 1. The van der Waals surface area contributed by atoms with E-state index in [-0.39, 0.29) is 43.6 Å². The molecule has 5 rings (SSSR count). The van der Waals surface area contributed by atoms with Crippen LogP contribution in [0.5, 0.6) is 0 Å². The lowest BCUT2D eigenvalue weighted by atomic mass is 10.1. The minimum Gasteiger partial charge on any atom is -0.450 e. The van der Waals surface area contributed by atoms with E-state index in [9.17, 15) is 18.0 Å². The molecule has 208 valence electrons. The molecule has 2 aliphatic heterocycles. The molecule has 3 aromatic rings. The fourth-order valence-electron chi connectivity index (χ4n) is 4.94. The van der Waals surface area contributed by atoms with E-state index in [4.69, 9.17) is 9.72 Å². The molecule has 3 heterocycles. The van der Waals surface area contributed by atoms with E-state index in [1.807, 2.05) is 0 Å². The molecule has 0 N–H and O–H groups in total. The molecular formula is C27H33N5O5S2. The van der Waals surface area contributed by atoms with Crippen molar-refractivity contribution in [3.05, 3.63) is 53.6 Å². The molecule has 0 bridgehead atoms. The van der Waals surface area contributed by atoms with Gasteiger partial charge in [-0.15, -0.1) is 0 Å². The lowest BCUT2D eigenvalue weighted by Crippen LogP contribution is -2.50. The van der Waals surface area contributed by atoms with Crippen molar-refractivity contribution in [3.8, 4) is 0 Å². The van der Waals surface area contributed by atoms with Crippen LogP contribution in [0.1, 0.15) is 29.8 Å². The van der Waals surface area contributed by atoms with Gasteiger partial charge in [-0.05, 0) is 49.2 Å². The molecule has 2 fully saturated rings. The first kappa shape index (κ1) is 27.4. The van der Waals surface area contributed by atoms with Gasteiger partial charge in [0, 0.05) is 57.9 Å². The number of anilines is 1. The van der Waals surface area contributed by atoms with Crippen molar-refractivity contribution in [3.63, 3.8) is 0 Å². The Kier molecular flexibility index (Phi) is 8.06. The van der Waals surface area contributed by atoms with Gasteiger partial charge >= 0.3 is 6.09 Å². The molecule has 0 atom stereocenters. The highest BCUT2D eigenvalue weighted by Gasteiger charge is 2.31. The number of aromatic nitrogens is 1. The molecular weight excluding hydrogens is 538 g/mol. The number of benzene rings is 2. The summed E-state index contributed by atoms with van der Waals surface area (Å²) < 4.78 is 33.8. The average Bonchev–Trinajstić information content (AvgIpc) is 3.42. The fraction of sp³-hybridized carbons (Fsp3) is 0.444. The predicted molar refractivity (Wildman–Crippen MR) is 151 cm³/mol. The second kappa shape index (κ2) is 11.5. The van der Waals surface area contributed by atoms with Gasteiger partial charge in [0.1, 0.15) is 0 Å². The van der Waals surface area contributed by atoms with Crippen LogP contribution in [0.25, 0.3) is 10.2 Å². The van der Waals surface area contributed by atoms with Crippen LogP contribution in [0, 0.1) is 0 Å². The molecule has 2 aliphatic rings. The van der Waals surface area contributed by atoms with Crippen molar-refractivity contribution in [1.29, 1.82) is 0 Å². The summed E-state index contributed by atoms with van der Waals surface area (Å²) in [6.07, 6.45) is 0.513. The highest BCUT2D eigenvalue weighted by Crippen LogP contribution is 2.31. The van der Waals surface area contributed by atoms with Gasteiger partial charge in [-0.25, -0.2) is 18.2 Å². The molecule has 39 heavy (non-hydrogen) atoms. The second-order valence-corrected chi connectivity index (χ2v) is 12.5. The first-order chi connectivity index (χ1) is 18.8. The van der Waals surface area contributed by atoms with E-state index in [1.165, 1.54) is 31.6 Å². The topological polar surface area (TPSA) is 103 Å². The van der Waals surface area contributed by atoms with Crippen molar-refractivity contribution >= 4 is 48.7 Å². The maximum Gasteiger partial charge on any atom is 0.409 e. The van der Waals surface area contributed by atoms with E-state index in [2.05, 4.69) is 30.0 Å². The molecule has 0 spiro atoms. The number of carbonyl (C=O) groups excluding carboxylic acids is 2. The molecule has 2 saturated heterocycles. The van der Waals surface area contributed by atoms with Crippen LogP contribution >= 0.6 is 11.3 Å². The normalized spacial score (nSPS) is 17.0. The summed E-state index contributed by atoms with van der Waals surface area (Å²) in [6, 6.07) is 12.4. The van der Waals surface area contributed by atoms with Crippen molar-refractivity contribution in [2.45, 2.75) is 25.2 Å². The van der Waals surface area contributed by atoms with Crippen LogP contribution in [0.3, 0.4) is 0 Å². The van der Waals surface area contributed by atoms with Crippen molar-refractivity contribution in [2.75, 3.05) is 63.9 Å².